The van der Waals surface area contributed by atoms with Crippen molar-refractivity contribution >= 4 is 12.4 Å². The van der Waals surface area contributed by atoms with Crippen LogP contribution < -0.4 is 5.32 Å². The Bertz CT molecular complexity index is 321. The van der Waals surface area contributed by atoms with E-state index >= 15 is 0 Å². The van der Waals surface area contributed by atoms with Gasteiger partial charge in [0.15, 0.2) is 0 Å². The van der Waals surface area contributed by atoms with Crippen LogP contribution >= 0.6 is 12.4 Å². The lowest BCUT2D eigenvalue weighted by Gasteiger charge is -2.31. The van der Waals surface area contributed by atoms with E-state index in [4.69, 9.17) is 0 Å². The van der Waals surface area contributed by atoms with E-state index in [0.29, 0.717) is 6.04 Å². The largest absolute Gasteiger partial charge is 0.317 e. The van der Waals surface area contributed by atoms with Crippen molar-refractivity contribution < 1.29 is 4.39 Å². The molecular weight excluding hydrogens is 239 g/mol. The third kappa shape index (κ3) is 4.26. The molecule has 1 aromatic carbocycles. The zero-order valence-corrected chi connectivity index (χ0v) is 11.0. The van der Waals surface area contributed by atoms with Gasteiger partial charge in [0, 0.05) is 12.6 Å². The molecule has 1 N–H and O–H groups in total. The summed E-state index contributed by atoms with van der Waals surface area (Å²) in [6.45, 7) is 3.20. The van der Waals surface area contributed by atoms with Gasteiger partial charge in [-0.05, 0) is 50.7 Å². The highest BCUT2D eigenvalue weighted by atomic mass is 35.5. The molecule has 1 fully saturated rings. The van der Waals surface area contributed by atoms with Crippen molar-refractivity contribution in [2.24, 2.45) is 0 Å². The highest BCUT2D eigenvalue weighted by Gasteiger charge is 2.17. The molecule has 0 radical (unpaired) electrons. The van der Waals surface area contributed by atoms with Crippen LogP contribution in [0.15, 0.2) is 24.3 Å². The minimum Gasteiger partial charge on any atom is -0.317 e. The monoisotopic (exact) mass is 258 g/mol. The minimum absolute atomic E-state index is 0. The minimum atomic E-state index is -0.155. The second-order valence-corrected chi connectivity index (χ2v) is 4.47. The van der Waals surface area contributed by atoms with Crippen LogP contribution in [0.4, 0.5) is 4.39 Å². The number of nitrogens with zero attached hydrogens (tertiary/aromatic N) is 1. The van der Waals surface area contributed by atoms with Crippen molar-refractivity contribution in [3.8, 4) is 0 Å². The molecule has 96 valence electrons. The Balaban J connectivity index is 0.00000144. The first-order valence-corrected chi connectivity index (χ1v) is 5.92. The van der Waals surface area contributed by atoms with E-state index in [-0.39, 0.29) is 18.2 Å². The smallest absolute Gasteiger partial charge is 0.123 e. The molecule has 2 rings (SSSR count). The molecule has 17 heavy (non-hydrogen) atoms. The van der Waals surface area contributed by atoms with Crippen molar-refractivity contribution in [3.63, 3.8) is 0 Å². The molecule has 0 bridgehead atoms. The highest BCUT2D eigenvalue weighted by molar-refractivity contribution is 5.85. The third-order valence-corrected chi connectivity index (χ3v) is 3.32. The first kappa shape index (κ1) is 14.4. The topological polar surface area (TPSA) is 15.3 Å². The quantitative estimate of drug-likeness (QED) is 0.896. The predicted octanol–water partition coefficient (Wildman–Crippen LogP) is 2.43. The number of nitrogens with one attached hydrogen (secondary N) is 1. The first-order valence-electron chi connectivity index (χ1n) is 5.92. The molecule has 1 aliphatic heterocycles. The SMILES string of the molecule is CNC1CCN(Cc2ccc(F)cc2)CC1.Cl. The maximum absolute atomic E-state index is 12.7. The second kappa shape index (κ2) is 6.94. The number of rotatable bonds is 3. The van der Waals surface area contributed by atoms with E-state index in [0.717, 1.165) is 19.6 Å². The summed E-state index contributed by atoms with van der Waals surface area (Å²) in [5.41, 5.74) is 1.20. The van der Waals surface area contributed by atoms with Crippen LogP contribution in [-0.4, -0.2) is 31.1 Å². The standard InChI is InChI=1S/C13H19FN2.ClH/c1-15-13-6-8-16(9-7-13)10-11-2-4-12(14)5-3-11;/h2-5,13,15H,6-10H2,1H3;1H. The first-order chi connectivity index (χ1) is 7.78. The third-order valence-electron chi connectivity index (χ3n) is 3.32. The fraction of sp³-hybridized carbons (Fsp3) is 0.538. The summed E-state index contributed by atoms with van der Waals surface area (Å²) in [5, 5.41) is 3.32. The Kier molecular flexibility index (Phi) is 5.89. The molecule has 1 aliphatic rings. The zero-order valence-electron chi connectivity index (χ0n) is 10.2. The molecule has 0 amide bonds. The second-order valence-electron chi connectivity index (χ2n) is 4.47. The number of piperidine rings is 1. The Morgan fingerprint density at radius 1 is 1.24 bits per heavy atom. The van der Waals surface area contributed by atoms with Gasteiger partial charge < -0.3 is 5.32 Å². The fourth-order valence-electron chi connectivity index (χ4n) is 2.23. The van der Waals surface area contributed by atoms with Gasteiger partial charge in [-0.2, -0.15) is 0 Å². The van der Waals surface area contributed by atoms with Crippen molar-refractivity contribution in [3.05, 3.63) is 35.6 Å². The molecule has 0 saturated carbocycles. The summed E-state index contributed by atoms with van der Waals surface area (Å²) < 4.78 is 12.7. The summed E-state index contributed by atoms with van der Waals surface area (Å²) >= 11 is 0. The van der Waals surface area contributed by atoms with Crippen LogP contribution in [-0.2, 0) is 6.54 Å². The van der Waals surface area contributed by atoms with E-state index in [1.165, 1.54) is 30.5 Å². The van der Waals surface area contributed by atoms with Crippen molar-refractivity contribution in [1.82, 2.24) is 10.2 Å². The molecule has 0 unspecified atom stereocenters. The average molecular weight is 259 g/mol. The molecular formula is C13H20ClFN2. The van der Waals surface area contributed by atoms with E-state index in [1.54, 1.807) is 0 Å². The molecule has 0 aromatic heterocycles. The summed E-state index contributed by atoms with van der Waals surface area (Å²) in [5.74, 6) is -0.155. The average Bonchev–Trinajstić information content (AvgIpc) is 2.33. The fourth-order valence-corrected chi connectivity index (χ4v) is 2.23. The molecule has 4 heteroatoms. The Hall–Kier alpha value is -0.640. The van der Waals surface area contributed by atoms with Gasteiger partial charge in [-0.3, -0.25) is 4.90 Å². The number of benzene rings is 1. The summed E-state index contributed by atoms with van der Waals surface area (Å²) in [4.78, 5) is 2.43. The number of hydrogen-bond donors (Lipinski definition) is 1. The maximum Gasteiger partial charge on any atom is 0.123 e. The van der Waals surface area contributed by atoms with E-state index in [2.05, 4.69) is 10.2 Å². The Labute approximate surface area is 109 Å². The Morgan fingerprint density at radius 2 is 1.82 bits per heavy atom. The Morgan fingerprint density at radius 3 is 2.35 bits per heavy atom. The highest BCUT2D eigenvalue weighted by Crippen LogP contribution is 2.13. The molecule has 0 spiro atoms. The van der Waals surface area contributed by atoms with Crippen molar-refractivity contribution in [2.45, 2.75) is 25.4 Å². The van der Waals surface area contributed by atoms with Crippen LogP contribution in [0.1, 0.15) is 18.4 Å². The number of hydrogen-bond acceptors (Lipinski definition) is 2. The predicted molar refractivity (Wildman–Crippen MR) is 71.0 cm³/mol. The summed E-state index contributed by atoms with van der Waals surface area (Å²) in [6.07, 6.45) is 2.41. The number of likely N-dealkylation sites (tertiary alicyclic amines) is 1. The normalized spacial score (nSPS) is 17.8. The lowest BCUT2D eigenvalue weighted by Crippen LogP contribution is -2.40. The van der Waals surface area contributed by atoms with Crippen LogP contribution in [0.5, 0.6) is 0 Å². The van der Waals surface area contributed by atoms with Crippen molar-refractivity contribution in [1.29, 1.82) is 0 Å². The number of halogens is 2. The summed E-state index contributed by atoms with van der Waals surface area (Å²) in [6, 6.07) is 7.49. The molecule has 1 aromatic rings. The van der Waals surface area contributed by atoms with E-state index in [9.17, 15) is 4.39 Å². The van der Waals surface area contributed by atoms with Crippen LogP contribution in [0.3, 0.4) is 0 Å². The van der Waals surface area contributed by atoms with Crippen LogP contribution in [0.25, 0.3) is 0 Å². The summed E-state index contributed by atoms with van der Waals surface area (Å²) in [7, 11) is 2.03. The van der Waals surface area contributed by atoms with Gasteiger partial charge in [0.05, 0.1) is 0 Å². The van der Waals surface area contributed by atoms with Gasteiger partial charge in [-0.1, -0.05) is 12.1 Å². The molecule has 1 saturated heterocycles. The van der Waals surface area contributed by atoms with Gasteiger partial charge >= 0.3 is 0 Å². The van der Waals surface area contributed by atoms with Gasteiger partial charge in [0.1, 0.15) is 5.82 Å². The van der Waals surface area contributed by atoms with Gasteiger partial charge in [-0.25, -0.2) is 4.39 Å². The van der Waals surface area contributed by atoms with Gasteiger partial charge in [0.2, 0.25) is 0 Å². The molecule has 0 aliphatic carbocycles. The molecule has 2 nitrogen and oxygen atoms in total. The molecule has 1 heterocycles. The van der Waals surface area contributed by atoms with Crippen LogP contribution in [0.2, 0.25) is 0 Å². The van der Waals surface area contributed by atoms with E-state index < -0.39 is 0 Å². The zero-order chi connectivity index (χ0) is 11.4. The lowest BCUT2D eigenvalue weighted by molar-refractivity contribution is 0.194. The molecule has 0 atom stereocenters. The van der Waals surface area contributed by atoms with E-state index in [1.807, 2.05) is 19.2 Å². The van der Waals surface area contributed by atoms with Crippen LogP contribution in [0, 0.1) is 5.82 Å². The van der Waals surface area contributed by atoms with Crippen molar-refractivity contribution in [2.75, 3.05) is 20.1 Å². The van der Waals surface area contributed by atoms with Gasteiger partial charge in [0.25, 0.3) is 0 Å². The van der Waals surface area contributed by atoms with Gasteiger partial charge in [-0.15, -0.1) is 12.4 Å². The lowest BCUT2D eigenvalue weighted by atomic mass is 10.0. The maximum atomic E-state index is 12.7.